The van der Waals surface area contributed by atoms with Crippen molar-refractivity contribution < 1.29 is 18.4 Å². The molecule has 2 heterocycles. The molecule has 1 N–H and O–H groups in total. The zero-order valence-corrected chi connectivity index (χ0v) is 19.3. The number of carbonyl (C=O) groups excluding carboxylic acids is 2. The van der Waals surface area contributed by atoms with E-state index in [0.29, 0.717) is 32.2 Å². The summed E-state index contributed by atoms with van der Waals surface area (Å²) in [5, 5.41) is 2.70. The lowest BCUT2D eigenvalue weighted by Crippen LogP contribution is -2.47. The van der Waals surface area contributed by atoms with Crippen molar-refractivity contribution in [2.75, 3.05) is 32.7 Å². The minimum Gasteiger partial charge on any atom is -0.351 e. The summed E-state index contributed by atoms with van der Waals surface area (Å²) >= 11 is 0. The number of carbonyl (C=O) groups is 2. The van der Waals surface area contributed by atoms with Crippen LogP contribution in [0.25, 0.3) is 0 Å². The zero-order valence-electron chi connectivity index (χ0n) is 19.3. The lowest BCUT2D eigenvalue weighted by molar-refractivity contribution is -0.138. The van der Waals surface area contributed by atoms with Crippen molar-refractivity contribution in [1.82, 2.24) is 15.1 Å². The maximum Gasteiger partial charge on any atom is 0.254 e. The molecule has 1 saturated heterocycles. The fraction of sp³-hybridized carbons (Fsp3) is 0.462. The van der Waals surface area contributed by atoms with E-state index in [2.05, 4.69) is 36.2 Å². The van der Waals surface area contributed by atoms with Crippen LogP contribution in [0.3, 0.4) is 0 Å². The Morgan fingerprint density at radius 1 is 1.06 bits per heavy atom. The van der Waals surface area contributed by atoms with Gasteiger partial charge in [0.15, 0.2) is 0 Å². The summed E-state index contributed by atoms with van der Waals surface area (Å²) in [6.45, 7) is 8.11. The normalized spacial score (nSPS) is 18.7. The van der Waals surface area contributed by atoms with E-state index in [1.807, 2.05) is 4.90 Å². The number of amides is 2. The lowest BCUT2D eigenvalue weighted by Gasteiger charge is -2.37. The standard InChI is InChI=1S/C26H31F2N3O2/c1-17-12-19-7-10-31(16-21(19)13-18(17)2)26(33)20-4-3-9-30(15-20)11-8-29-25(32)23-6-5-22(27)14-24(23)28/h5-6,12-14,20H,3-4,7-11,15-16H2,1-2H3,(H,29,32). The molecule has 5 nitrogen and oxygen atoms in total. The van der Waals surface area contributed by atoms with Crippen molar-refractivity contribution in [2.24, 2.45) is 5.92 Å². The van der Waals surface area contributed by atoms with Gasteiger partial charge in [0.1, 0.15) is 11.6 Å². The predicted molar refractivity (Wildman–Crippen MR) is 123 cm³/mol. The highest BCUT2D eigenvalue weighted by atomic mass is 19.1. The number of rotatable bonds is 5. The Bertz CT molecular complexity index is 1060. The molecule has 0 aromatic heterocycles. The van der Waals surface area contributed by atoms with Gasteiger partial charge in [0, 0.05) is 38.8 Å². The first-order valence-electron chi connectivity index (χ1n) is 11.6. The molecule has 2 amide bonds. The minimum atomic E-state index is -0.871. The van der Waals surface area contributed by atoms with E-state index in [1.54, 1.807) is 0 Å². The summed E-state index contributed by atoms with van der Waals surface area (Å²) in [7, 11) is 0. The summed E-state index contributed by atoms with van der Waals surface area (Å²) < 4.78 is 26.8. The Morgan fingerprint density at radius 2 is 1.82 bits per heavy atom. The Labute approximate surface area is 193 Å². The third-order valence-corrected chi connectivity index (χ3v) is 6.88. The molecule has 2 aromatic rings. The van der Waals surface area contributed by atoms with Crippen LogP contribution in [-0.2, 0) is 17.8 Å². The molecule has 0 saturated carbocycles. The fourth-order valence-corrected chi connectivity index (χ4v) is 4.86. The average Bonchev–Trinajstić information content (AvgIpc) is 2.79. The molecule has 1 fully saturated rings. The van der Waals surface area contributed by atoms with Gasteiger partial charge in [-0.05, 0) is 74.0 Å². The van der Waals surface area contributed by atoms with E-state index in [0.717, 1.165) is 44.5 Å². The van der Waals surface area contributed by atoms with Crippen molar-refractivity contribution in [3.8, 4) is 0 Å². The Balaban J connectivity index is 1.29. The molecule has 2 aliphatic rings. The number of benzene rings is 2. The first kappa shape index (κ1) is 23.4. The predicted octanol–water partition coefficient (Wildman–Crippen LogP) is 3.61. The van der Waals surface area contributed by atoms with Gasteiger partial charge in [-0.1, -0.05) is 12.1 Å². The Hall–Kier alpha value is -2.80. The number of fused-ring (bicyclic) bond motifs is 1. The van der Waals surface area contributed by atoms with Crippen molar-refractivity contribution in [1.29, 1.82) is 0 Å². The number of aryl methyl sites for hydroxylation is 2. The molecule has 0 aliphatic carbocycles. The van der Waals surface area contributed by atoms with Gasteiger partial charge in [-0.2, -0.15) is 0 Å². The van der Waals surface area contributed by atoms with Crippen LogP contribution in [0.5, 0.6) is 0 Å². The molecule has 0 bridgehead atoms. The maximum atomic E-state index is 13.8. The van der Waals surface area contributed by atoms with Crippen LogP contribution in [0.4, 0.5) is 8.78 Å². The first-order chi connectivity index (χ1) is 15.8. The molecule has 2 aliphatic heterocycles. The van der Waals surface area contributed by atoms with E-state index in [1.165, 1.54) is 22.3 Å². The van der Waals surface area contributed by atoms with Crippen LogP contribution < -0.4 is 5.32 Å². The number of hydrogen-bond donors (Lipinski definition) is 1. The molecule has 4 rings (SSSR count). The number of hydrogen-bond acceptors (Lipinski definition) is 3. The molecular weight excluding hydrogens is 424 g/mol. The van der Waals surface area contributed by atoms with E-state index < -0.39 is 17.5 Å². The smallest absolute Gasteiger partial charge is 0.254 e. The van der Waals surface area contributed by atoms with Crippen LogP contribution in [0, 0.1) is 31.4 Å². The monoisotopic (exact) mass is 455 g/mol. The fourth-order valence-electron chi connectivity index (χ4n) is 4.86. The summed E-state index contributed by atoms with van der Waals surface area (Å²) in [6.07, 6.45) is 2.70. The summed E-state index contributed by atoms with van der Waals surface area (Å²) in [4.78, 5) is 29.6. The summed E-state index contributed by atoms with van der Waals surface area (Å²) in [6, 6.07) is 7.39. The topological polar surface area (TPSA) is 52.7 Å². The van der Waals surface area contributed by atoms with Crippen LogP contribution in [0.15, 0.2) is 30.3 Å². The van der Waals surface area contributed by atoms with E-state index >= 15 is 0 Å². The van der Waals surface area contributed by atoms with E-state index in [-0.39, 0.29) is 17.4 Å². The zero-order chi connectivity index (χ0) is 23.5. The number of piperidine rings is 1. The van der Waals surface area contributed by atoms with Crippen LogP contribution in [-0.4, -0.2) is 54.3 Å². The van der Waals surface area contributed by atoms with Gasteiger partial charge in [0.25, 0.3) is 5.91 Å². The van der Waals surface area contributed by atoms with Gasteiger partial charge in [-0.3, -0.25) is 9.59 Å². The van der Waals surface area contributed by atoms with Crippen molar-refractivity contribution in [3.63, 3.8) is 0 Å². The summed E-state index contributed by atoms with van der Waals surface area (Å²) in [5.41, 5.74) is 4.99. The second kappa shape index (κ2) is 10.00. The second-order valence-electron chi connectivity index (χ2n) is 9.23. The third kappa shape index (κ3) is 5.41. The van der Waals surface area contributed by atoms with Crippen molar-refractivity contribution >= 4 is 11.8 Å². The third-order valence-electron chi connectivity index (χ3n) is 6.88. The van der Waals surface area contributed by atoms with Gasteiger partial charge in [-0.25, -0.2) is 8.78 Å². The molecule has 176 valence electrons. The van der Waals surface area contributed by atoms with Gasteiger partial charge in [0.05, 0.1) is 11.5 Å². The van der Waals surface area contributed by atoms with Gasteiger partial charge in [-0.15, -0.1) is 0 Å². The summed E-state index contributed by atoms with van der Waals surface area (Å²) in [5.74, 6) is -1.98. The largest absolute Gasteiger partial charge is 0.351 e. The lowest BCUT2D eigenvalue weighted by atomic mass is 9.92. The Morgan fingerprint density at radius 3 is 2.58 bits per heavy atom. The first-order valence-corrected chi connectivity index (χ1v) is 11.6. The average molecular weight is 456 g/mol. The number of nitrogens with one attached hydrogen (secondary N) is 1. The Kier molecular flexibility index (Phi) is 7.08. The number of likely N-dealkylation sites (tertiary alicyclic amines) is 1. The highest BCUT2D eigenvalue weighted by molar-refractivity contribution is 5.94. The van der Waals surface area contributed by atoms with E-state index in [4.69, 9.17) is 0 Å². The molecule has 2 aromatic carbocycles. The maximum absolute atomic E-state index is 13.8. The highest BCUT2D eigenvalue weighted by Gasteiger charge is 2.31. The van der Waals surface area contributed by atoms with E-state index in [9.17, 15) is 18.4 Å². The second-order valence-corrected chi connectivity index (χ2v) is 9.23. The van der Waals surface area contributed by atoms with Crippen LogP contribution >= 0.6 is 0 Å². The molecule has 1 unspecified atom stereocenters. The van der Waals surface area contributed by atoms with Gasteiger partial charge >= 0.3 is 0 Å². The quantitative estimate of drug-likeness (QED) is 0.750. The van der Waals surface area contributed by atoms with Gasteiger partial charge < -0.3 is 15.1 Å². The molecule has 0 radical (unpaired) electrons. The molecule has 33 heavy (non-hydrogen) atoms. The minimum absolute atomic E-state index is 0.0444. The van der Waals surface area contributed by atoms with Crippen molar-refractivity contribution in [3.05, 3.63) is 69.8 Å². The number of halogens is 2. The molecule has 7 heteroatoms. The van der Waals surface area contributed by atoms with Gasteiger partial charge in [0.2, 0.25) is 5.91 Å². The van der Waals surface area contributed by atoms with Crippen molar-refractivity contribution in [2.45, 2.75) is 39.7 Å². The van der Waals surface area contributed by atoms with Crippen LogP contribution in [0.1, 0.15) is 45.5 Å². The highest BCUT2D eigenvalue weighted by Crippen LogP contribution is 2.26. The molecule has 1 atom stereocenters. The van der Waals surface area contributed by atoms with Crippen LogP contribution in [0.2, 0.25) is 0 Å². The molecular formula is C26H31F2N3O2. The molecule has 0 spiro atoms. The SMILES string of the molecule is Cc1cc2c(cc1C)CN(C(=O)C1CCCN(CCNC(=O)c3ccc(F)cc3F)C1)CC2. The number of nitrogens with zero attached hydrogens (tertiary/aromatic N) is 2.